The second-order valence-corrected chi connectivity index (χ2v) is 7.85. The number of likely N-dealkylation sites (tertiary alicyclic amines) is 1. The molecule has 1 unspecified atom stereocenters. The van der Waals surface area contributed by atoms with E-state index in [2.05, 4.69) is 6.92 Å². The van der Waals surface area contributed by atoms with Crippen molar-refractivity contribution in [3.05, 3.63) is 64.7 Å². The van der Waals surface area contributed by atoms with Gasteiger partial charge in [0.05, 0.1) is 29.8 Å². The van der Waals surface area contributed by atoms with Crippen LogP contribution >= 0.6 is 0 Å². The van der Waals surface area contributed by atoms with Crippen molar-refractivity contribution in [3.8, 4) is 5.75 Å². The van der Waals surface area contributed by atoms with Crippen LogP contribution in [0, 0.1) is 0 Å². The smallest absolute Gasteiger partial charge is 0.261 e. The fourth-order valence-electron chi connectivity index (χ4n) is 4.24. The van der Waals surface area contributed by atoms with E-state index in [1.807, 2.05) is 17.9 Å². The number of nitrogens with zero attached hydrogens (tertiary/aromatic N) is 2. The Balaban J connectivity index is 1.62. The highest BCUT2D eigenvalue weighted by molar-refractivity contribution is 6.21. The molecule has 4 rings (SSSR count). The molecule has 6 nitrogen and oxygen atoms in total. The van der Waals surface area contributed by atoms with E-state index in [1.54, 1.807) is 36.4 Å². The number of rotatable bonds is 5. The summed E-state index contributed by atoms with van der Waals surface area (Å²) in [6.07, 6.45) is 3.11. The fourth-order valence-corrected chi connectivity index (χ4v) is 4.24. The van der Waals surface area contributed by atoms with E-state index in [-0.39, 0.29) is 30.3 Å². The highest BCUT2D eigenvalue weighted by Crippen LogP contribution is 2.28. The average Bonchev–Trinajstić information content (AvgIpc) is 3.00. The lowest BCUT2D eigenvalue weighted by Crippen LogP contribution is -2.42. The molecule has 0 radical (unpaired) electrons. The highest BCUT2D eigenvalue weighted by Gasteiger charge is 2.35. The van der Waals surface area contributed by atoms with Gasteiger partial charge in [0.2, 0.25) is 0 Å². The molecule has 1 atom stereocenters. The van der Waals surface area contributed by atoms with Gasteiger partial charge in [-0.15, -0.1) is 0 Å². The maximum atomic E-state index is 13.3. The molecule has 156 valence electrons. The lowest BCUT2D eigenvalue weighted by atomic mass is 10.0. The van der Waals surface area contributed by atoms with E-state index in [1.165, 1.54) is 4.90 Å². The Hall–Kier alpha value is -3.15. The van der Waals surface area contributed by atoms with Gasteiger partial charge < -0.3 is 9.64 Å². The Kier molecular flexibility index (Phi) is 5.57. The van der Waals surface area contributed by atoms with Crippen LogP contribution in [0.4, 0.5) is 0 Å². The number of ether oxygens (including phenoxy) is 1. The van der Waals surface area contributed by atoms with Crippen LogP contribution in [0.5, 0.6) is 5.75 Å². The summed E-state index contributed by atoms with van der Waals surface area (Å²) in [7, 11) is 0. The molecule has 1 saturated heterocycles. The summed E-state index contributed by atoms with van der Waals surface area (Å²) < 4.78 is 5.71. The number of fused-ring (bicyclic) bond motifs is 1. The second kappa shape index (κ2) is 8.30. The molecule has 2 aromatic rings. The predicted octanol–water partition coefficient (Wildman–Crippen LogP) is 3.90. The Labute approximate surface area is 176 Å². The van der Waals surface area contributed by atoms with Gasteiger partial charge in [-0.3, -0.25) is 19.3 Å². The summed E-state index contributed by atoms with van der Waals surface area (Å²) in [5, 5.41) is 0. The molecule has 2 heterocycles. The number of imide groups is 1. The van der Waals surface area contributed by atoms with Gasteiger partial charge in [0.25, 0.3) is 17.7 Å². The van der Waals surface area contributed by atoms with Crippen molar-refractivity contribution in [1.29, 1.82) is 0 Å². The summed E-state index contributed by atoms with van der Waals surface area (Å²) >= 11 is 0. The molecule has 1 fully saturated rings. The van der Waals surface area contributed by atoms with Gasteiger partial charge in [-0.05, 0) is 62.9 Å². The Morgan fingerprint density at radius 3 is 2.40 bits per heavy atom. The molecular formula is C24H26N2O4. The molecule has 0 spiro atoms. The van der Waals surface area contributed by atoms with E-state index in [0.717, 1.165) is 31.4 Å². The maximum absolute atomic E-state index is 13.3. The summed E-state index contributed by atoms with van der Waals surface area (Å²) in [5.41, 5.74) is 2.06. The van der Waals surface area contributed by atoms with Crippen LogP contribution in [0.15, 0.2) is 42.5 Å². The van der Waals surface area contributed by atoms with Crippen molar-refractivity contribution >= 4 is 17.7 Å². The number of carbonyl (C=O) groups is 3. The standard InChI is InChI=1S/C24H26N2O4/c1-3-30-21-12-11-17(14-20(21)24(29)25-13-7-6-8-16(25)2)15-26-22(27)18-9-4-5-10-19(18)23(26)28/h4-5,9-12,14,16H,3,6-8,13,15H2,1-2H3. The molecule has 0 bridgehead atoms. The number of hydrogen-bond acceptors (Lipinski definition) is 4. The van der Waals surface area contributed by atoms with E-state index < -0.39 is 0 Å². The number of benzene rings is 2. The van der Waals surface area contributed by atoms with Gasteiger partial charge in [-0.1, -0.05) is 18.2 Å². The normalized spacial score (nSPS) is 18.5. The molecule has 2 aliphatic rings. The van der Waals surface area contributed by atoms with Crippen LogP contribution in [-0.4, -0.2) is 46.7 Å². The number of piperidine rings is 1. The zero-order chi connectivity index (χ0) is 21.3. The first-order chi connectivity index (χ1) is 14.5. The maximum Gasteiger partial charge on any atom is 0.261 e. The Bertz CT molecular complexity index is 965. The summed E-state index contributed by atoms with van der Waals surface area (Å²) in [5.74, 6) is -0.134. The third kappa shape index (κ3) is 3.58. The van der Waals surface area contributed by atoms with E-state index >= 15 is 0 Å². The van der Waals surface area contributed by atoms with Gasteiger partial charge in [-0.2, -0.15) is 0 Å². The lowest BCUT2D eigenvalue weighted by molar-refractivity contribution is 0.0629. The van der Waals surface area contributed by atoms with Gasteiger partial charge in [0.1, 0.15) is 5.75 Å². The van der Waals surface area contributed by atoms with Crippen LogP contribution in [0.1, 0.15) is 69.7 Å². The zero-order valence-corrected chi connectivity index (χ0v) is 17.4. The number of carbonyl (C=O) groups excluding carboxylic acids is 3. The van der Waals surface area contributed by atoms with Crippen LogP contribution in [0.3, 0.4) is 0 Å². The number of amides is 3. The Morgan fingerprint density at radius 1 is 1.07 bits per heavy atom. The largest absolute Gasteiger partial charge is 0.493 e. The molecule has 0 N–H and O–H groups in total. The molecule has 6 heteroatoms. The summed E-state index contributed by atoms with van der Waals surface area (Å²) in [4.78, 5) is 41.8. The van der Waals surface area contributed by atoms with Crippen LogP contribution < -0.4 is 4.74 Å². The monoisotopic (exact) mass is 406 g/mol. The highest BCUT2D eigenvalue weighted by atomic mass is 16.5. The first-order valence-corrected chi connectivity index (χ1v) is 10.5. The van der Waals surface area contributed by atoms with Gasteiger partial charge in [-0.25, -0.2) is 0 Å². The lowest BCUT2D eigenvalue weighted by Gasteiger charge is -2.34. The zero-order valence-electron chi connectivity index (χ0n) is 17.4. The molecule has 0 saturated carbocycles. The van der Waals surface area contributed by atoms with Crippen molar-refractivity contribution < 1.29 is 19.1 Å². The predicted molar refractivity (Wildman–Crippen MR) is 113 cm³/mol. The van der Waals surface area contributed by atoms with Crippen molar-refractivity contribution in [2.45, 2.75) is 45.7 Å². The van der Waals surface area contributed by atoms with Crippen molar-refractivity contribution in [2.75, 3.05) is 13.2 Å². The van der Waals surface area contributed by atoms with Gasteiger partial charge >= 0.3 is 0 Å². The topological polar surface area (TPSA) is 66.9 Å². The molecular weight excluding hydrogens is 380 g/mol. The third-order valence-corrected chi connectivity index (χ3v) is 5.86. The van der Waals surface area contributed by atoms with Crippen molar-refractivity contribution in [2.24, 2.45) is 0 Å². The minimum absolute atomic E-state index is 0.0603. The van der Waals surface area contributed by atoms with E-state index in [9.17, 15) is 14.4 Å². The third-order valence-electron chi connectivity index (χ3n) is 5.86. The van der Waals surface area contributed by atoms with Crippen molar-refractivity contribution in [3.63, 3.8) is 0 Å². The van der Waals surface area contributed by atoms with Gasteiger partial charge in [0.15, 0.2) is 0 Å². The molecule has 30 heavy (non-hydrogen) atoms. The van der Waals surface area contributed by atoms with Crippen LogP contribution in [0.2, 0.25) is 0 Å². The summed E-state index contributed by atoms with van der Waals surface area (Å²) in [6, 6.07) is 12.4. The minimum Gasteiger partial charge on any atom is -0.493 e. The van der Waals surface area contributed by atoms with Gasteiger partial charge in [0, 0.05) is 12.6 Å². The second-order valence-electron chi connectivity index (χ2n) is 7.85. The molecule has 2 aliphatic heterocycles. The molecule has 2 aromatic carbocycles. The van der Waals surface area contributed by atoms with Crippen molar-refractivity contribution in [1.82, 2.24) is 9.80 Å². The van der Waals surface area contributed by atoms with Crippen LogP contribution in [0.25, 0.3) is 0 Å². The average molecular weight is 406 g/mol. The summed E-state index contributed by atoms with van der Waals surface area (Å²) in [6.45, 7) is 5.25. The van der Waals surface area contributed by atoms with Crippen LogP contribution in [-0.2, 0) is 6.54 Å². The molecule has 0 aliphatic carbocycles. The quantitative estimate of drug-likeness (QED) is 0.707. The number of hydrogen-bond donors (Lipinski definition) is 0. The first kappa shape index (κ1) is 20.1. The van der Waals surface area contributed by atoms with E-state index in [0.29, 0.717) is 29.0 Å². The molecule has 3 amide bonds. The van der Waals surface area contributed by atoms with E-state index in [4.69, 9.17) is 4.74 Å². The fraction of sp³-hybridized carbons (Fsp3) is 0.375. The minimum atomic E-state index is -0.304. The molecule has 0 aromatic heterocycles. The Morgan fingerprint density at radius 2 is 1.77 bits per heavy atom. The first-order valence-electron chi connectivity index (χ1n) is 10.5. The SMILES string of the molecule is CCOc1ccc(CN2C(=O)c3ccccc3C2=O)cc1C(=O)N1CCCCC1C.